The lowest BCUT2D eigenvalue weighted by Crippen LogP contribution is -2.33. The summed E-state index contributed by atoms with van der Waals surface area (Å²) in [6.45, 7) is 4.19. The highest BCUT2D eigenvalue weighted by Gasteiger charge is 2.25. The molecule has 19 heavy (non-hydrogen) atoms. The second-order valence-corrected chi connectivity index (χ2v) is 6.12. The molecule has 1 aliphatic heterocycles. The number of piperidine rings is 1. The summed E-state index contributed by atoms with van der Waals surface area (Å²) in [6, 6.07) is 6.89. The zero-order valence-electron chi connectivity index (χ0n) is 11.2. The van der Waals surface area contributed by atoms with Crippen LogP contribution in [-0.2, 0) is 6.54 Å². The summed E-state index contributed by atoms with van der Waals surface area (Å²) in [5.41, 5.74) is 1.18. The predicted octanol–water partition coefficient (Wildman–Crippen LogP) is 3.57. The second kappa shape index (κ2) is 5.80. The molecule has 1 fully saturated rings. The van der Waals surface area contributed by atoms with Gasteiger partial charge in [-0.15, -0.1) is 11.3 Å². The highest BCUT2D eigenvalue weighted by Crippen LogP contribution is 2.31. The lowest BCUT2D eigenvalue weighted by molar-refractivity contribution is 0.138. The van der Waals surface area contributed by atoms with Gasteiger partial charge in [0.05, 0.1) is 11.7 Å². The first-order valence-corrected chi connectivity index (χ1v) is 7.77. The van der Waals surface area contributed by atoms with Gasteiger partial charge >= 0.3 is 0 Å². The zero-order chi connectivity index (χ0) is 13.1. The lowest BCUT2D eigenvalue weighted by Gasteiger charge is -2.35. The van der Waals surface area contributed by atoms with E-state index in [1.807, 2.05) is 24.5 Å². The SMILES string of the molecule is Cc1nccc(C2CCCCN2Cc2cccs2)n1. The summed E-state index contributed by atoms with van der Waals surface area (Å²) in [5.74, 6) is 0.874. The molecule has 1 saturated heterocycles. The molecule has 2 aromatic rings. The molecule has 0 aliphatic carbocycles. The monoisotopic (exact) mass is 273 g/mol. The van der Waals surface area contributed by atoms with Gasteiger partial charge in [-0.3, -0.25) is 4.90 Å². The van der Waals surface area contributed by atoms with Crippen molar-refractivity contribution >= 4 is 11.3 Å². The van der Waals surface area contributed by atoms with Crippen LogP contribution in [0.15, 0.2) is 29.8 Å². The molecular formula is C15H19N3S. The van der Waals surface area contributed by atoms with E-state index in [4.69, 9.17) is 0 Å². The summed E-state index contributed by atoms with van der Waals surface area (Å²) in [6.07, 6.45) is 5.69. The molecule has 0 N–H and O–H groups in total. The molecule has 0 amide bonds. The minimum Gasteiger partial charge on any atom is -0.290 e. The summed E-state index contributed by atoms with van der Waals surface area (Å²) < 4.78 is 0. The first-order chi connectivity index (χ1) is 9.33. The van der Waals surface area contributed by atoms with Gasteiger partial charge in [0, 0.05) is 17.6 Å². The van der Waals surface area contributed by atoms with Crippen LogP contribution in [0.4, 0.5) is 0 Å². The third-order valence-corrected chi connectivity index (χ3v) is 4.55. The summed E-state index contributed by atoms with van der Waals surface area (Å²) in [4.78, 5) is 12.8. The fourth-order valence-corrected chi connectivity index (χ4v) is 3.51. The number of hydrogen-bond acceptors (Lipinski definition) is 4. The Balaban J connectivity index is 1.80. The summed E-state index contributed by atoms with van der Waals surface area (Å²) >= 11 is 1.84. The third kappa shape index (κ3) is 3.01. The van der Waals surface area contributed by atoms with Crippen molar-refractivity contribution in [3.8, 4) is 0 Å². The van der Waals surface area contributed by atoms with Crippen LogP contribution in [0.3, 0.4) is 0 Å². The molecule has 4 heteroatoms. The standard InChI is InChI=1S/C15H19N3S/c1-12-16-8-7-14(17-12)15-6-2-3-9-18(15)11-13-5-4-10-19-13/h4-5,7-8,10,15H,2-3,6,9,11H2,1H3. The van der Waals surface area contributed by atoms with Crippen LogP contribution >= 0.6 is 11.3 Å². The van der Waals surface area contributed by atoms with Gasteiger partial charge in [-0.25, -0.2) is 9.97 Å². The Kier molecular flexibility index (Phi) is 3.89. The van der Waals surface area contributed by atoms with Crippen molar-refractivity contribution in [3.63, 3.8) is 0 Å². The molecule has 1 atom stereocenters. The molecular weight excluding hydrogens is 254 g/mol. The Labute approximate surface area is 118 Å². The van der Waals surface area contributed by atoms with Gasteiger partial charge in [0.1, 0.15) is 5.82 Å². The highest BCUT2D eigenvalue weighted by molar-refractivity contribution is 7.09. The molecule has 0 aromatic carbocycles. The molecule has 1 unspecified atom stereocenters. The van der Waals surface area contributed by atoms with Crippen LogP contribution in [0.5, 0.6) is 0 Å². The summed E-state index contributed by atoms with van der Waals surface area (Å²) in [7, 11) is 0. The van der Waals surface area contributed by atoms with E-state index in [9.17, 15) is 0 Å². The van der Waals surface area contributed by atoms with Crippen LogP contribution in [0.1, 0.15) is 41.7 Å². The Bertz CT molecular complexity index is 524. The Morgan fingerprint density at radius 1 is 1.37 bits per heavy atom. The van der Waals surface area contributed by atoms with Gasteiger partial charge < -0.3 is 0 Å². The van der Waals surface area contributed by atoms with E-state index in [0.29, 0.717) is 6.04 Å². The van der Waals surface area contributed by atoms with E-state index in [0.717, 1.165) is 12.4 Å². The quantitative estimate of drug-likeness (QED) is 0.856. The van der Waals surface area contributed by atoms with E-state index in [-0.39, 0.29) is 0 Å². The predicted molar refractivity (Wildman–Crippen MR) is 78.1 cm³/mol. The zero-order valence-corrected chi connectivity index (χ0v) is 12.1. The van der Waals surface area contributed by atoms with Crippen molar-refractivity contribution < 1.29 is 0 Å². The average Bonchev–Trinajstić information content (AvgIpc) is 2.92. The van der Waals surface area contributed by atoms with E-state index in [1.54, 1.807) is 0 Å². The van der Waals surface area contributed by atoms with Crippen molar-refractivity contribution in [1.82, 2.24) is 14.9 Å². The molecule has 100 valence electrons. The third-order valence-electron chi connectivity index (χ3n) is 3.69. The Hall–Kier alpha value is -1.26. The molecule has 3 rings (SSSR count). The van der Waals surface area contributed by atoms with Gasteiger partial charge in [-0.05, 0) is 43.8 Å². The molecule has 0 saturated carbocycles. The van der Waals surface area contributed by atoms with Crippen molar-refractivity contribution in [2.24, 2.45) is 0 Å². The maximum atomic E-state index is 4.63. The minimum absolute atomic E-state index is 0.456. The van der Waals surface area contributed by atoms with Gasteiger partial charge in [-0.1, -0.05) is 12.5 Å². The largest absolute Gasteiger partial charge is 0.290 e. The van der Waals surface area contributed by atoms with E-state index in [1.165, 1.54) is 36.4 Å². The number of aromatic nitrogens is 2. The van der Waals surface area contributed by atoms with Crippen molar-refractivity contribution in [2.45, 2.75) is 38.8 Å². The van der Waals surface area contributed by atoms with Gasteiger partial charge in [0.2, 0.25) is 0 Å². The molecule has 3 nitrogen and oxygen atoms in total. The average molecular weight is 273 g/mol. The number of rotatable bonds is 3. The number of thiophene rings is 1. The van der Waals surface area contributed by atoms with Crippen LogP contribution in [-0.4, -0.2) is 21.4 Å². The van der Waals surface area contributed by atoms with Crippen molar-refractivity contribution in [3.05, 3.63) is 46.2 Å². The highest BCUT2D eigenvalue weighted by atomic mass is 32.1. The molecule has 2 aromatic heterocycles. The molecule has 3 heterocycles. The smallest absolute Gasteiger partial charge is 0.125 e. The van der Waals surface area contributed by atoms with Crippen molar-refractivity contribution in [2.75, 3.05) is 6.54 Å². The maximum Gasteiger partial charge on any atom is 0.125 e. The van der Waals surface area contributed by atoms with E-state index < -0.39 is 0 Å². The van der Waals surface area contributed by atoms with Gasteiger partial charge in [0.15, 0.2) is 0 Å². The fourth-order valence-electron chi connectivity index (χ4n) is 2.78. The maximum absolute atomic E-state index is 4.63. The minimum atomic E-state index is 0.456. The number of hydrogen-bond donors (Lipinski definition) is 0. The molecule has 0 spiro atoms. The van der Waals surface area contributed by atoms with Gasteiger partial charge in [-0.2, -0.15) is 0 Å². The first-order valence-electron chi connectivity index (χ1n) is 6.89. The lowest BCUT2D eigenvalue weighted by atomic mass is 9.99. The number of aryl methyl sites for hydroxylation is 1. The Morgan fingerprint density at radius 3 is 3.11 bits per heavy atom. The van der Waals surface area contributed by atoms with Crippen LogP contribution < -0.4 is 0 Å². The van der Waals surface area contributed by atoms with Crippen LogP contribution in [0.2, 0.25) is 0 Å². The van der Waals surface area contributed by atoms with Gasteiger partial charge in [0.25, 0.3) is 0 Å². The topological polar surface area (TPSA) is 29.0 Å². The summed E-state index contributed by atoms with van der Waals surface area (Å²) in [5, 5.41) is 2.16. The second-order valence-electron chi connectivity index (χ2n) is 5.09. The molecule has 1 aliphatic rings. The Morgan fingerprint density at radius 2 is 2.32 bits per heavy atom. The first kappa shape index (κ1) is 12.8. The van der Waals surface area contributed by atoms with Crippen LogP contribution in [0.25, 0.3) is 0 Å². The number of nitrogens with zero attached hydrogens (tertiary/aromatic N) is 3. The van der Waals surface area contributed by atoms with E-state index >= 15 is 0 Å². The van der Waals surface area contributed by atoms with Crippen molar-refractivity contribution in [1.29, 1.82) is 0 Å². The van der Waals surface area contributed by atoms with Crippen LogP contribution in [0, 0.1) is 6.92 Å². The normalized spacial score (nSPS) is 20.6. The molecule has 0 radical (unpaired) electrons. The van der Waals surface area contributed by atoms with E-state index in [2.05, 4.69) is 38.4 Å². The number of likely N-dealkylation sites (tertiary alicyclic amines) is 1. The fraction of sp³-hybridized carbons (Fsp3) is 0.467. The molecule has 0 bridgehead atoms.